The van der Waals surface area contributed by atoms with Gasteiger partial charge in [-0.05, 0) is 66.3 Å². The van der Waals surface area contributed by atoms with Crippen molar-refractivity contribution in [2.75, 3.05) is 55.4 Å². The van der Waals surface area contributed by atoms with Crippen molar-refractivity contribution in [1.29, 1.82) is 0 Å². The fraction of sp³-hybridized carbons (Fsp3) is 0.342. The Morgan fingerprint density at radius 2 is 1.57 bits per heavy atom. The molecule has 1 amide bonds. The minimum absolute atomic E-state index is 0. The summed E-state index contributed by atoms with van der Waals surface area (Å²) in [5.41, 5.74) is 2.15. The molecule has 3 heterocycles. The lowest BCUT2D eigenvalue weighted by atomic mass is 9.89. The molecular weight excluding hydrogens is 747 g/mol. The minimum Gasteiger partial charge on any atom is -0.481 e. The fourth-order valence-corrected chi connectivity index (χ4v) is 7.83. The number of alkyl halides is 3. The Morgan fingerprint density at radius 1 is 0.889 bits per heavy atom. The Kier molecular flexibility index (Phi) is 13.1. The largest absolute Gasteiger partial charge is 0.481 e. The predicted octanol–water partition coefficient (Wildman–Crippen LogP) is 6.87. The van der Waals surface area contributed by atoms with Crippen LogP contribution in [0.3, 0.4) is 0 Å². The molecule has 2 saturated heterocycles. The first-order valence-corrected chi connectivity index (χ1v) is 19.0. The van der Waals surface area contributed by atoms with Crippen LogP contribution in [0.5, 0.6) is 11.6 Å². The number of carboxylic acid groups (broad SMARTS) is 1. The fourth-order valence-electron chi connectivity index (χ4n) is 6.63. The zero-order valence-electron chi connectivity index (χ0n) is 29.2. The summed E-state index contributed by atoms with van der Waals surface area (Å²) in [4.78, 5) is 34.5. The topological polar surface area (TPSA) is 132 Å². The molecule has 0 radical (unpaired) electrons. The number of piperidine rings is 1. The first kappa shape index (κ1) is 40.3. The van der Waals surface area contributed by atoms with Crippen LogP contribution in [-0.4, -0.2) is 86.0 Å². The van der Waals surface area contributed by atoms with Crippen LogP contribution < -0.4 is 14.4 Å². The van der Waals surface area contributed by atoms with E-state index in [-0.39, 0.29) is 42.3 Å². The molecule has 0 unspecified atom stereocenters. The number of rotatable bonds is 12. The van der Waals surface area contributed by atoms with Gasteiger partial charge in [0.25, 0.3) is 5.91 Å². The van der Waals surface area contributed by atoms with Gasteiger partial charge in [0.05, 0.1) is 29.1 Å². The number of carbonyl (C=O) groups excluding carboxylic acids is 1. The number of pyridine rings is 1. The van der Waals surface area contributed by atoms with Crippen molar-refractivity contribution in [2.24, 2.45) is 0 Å². The number of aliphatic carboxylic acids is 1. The van der Waals surface area contributed by atoms with Crippen molar-refractivity contribution >= 4 is 45.7 Å². The Balaban J connectivity index is 0.00000561. The number of ether oxygens (including phenoxy) is 1. The second kappa shape index (κ2) is 17.5. The lowest BCUT2D eigenvalue weighted by molar-refractivity contribution is -0.138. The van der Waals surface area contributed by atoms with Gasteiger partial charge < -0.3 is 19.6 Å². The quantitative estimate of drug-likeness (QED) is 0.158. The van der Waals surface area contributed by atoms with Gasteiger partial charge in [-0.3, -0.25) is 19.2 Å². The average molecular weight is 788 g/mol. The Morgan fingerprint density at radius 3 is 2.19 bits per heavy atom. The molecule has 2 aliphatic rings. The van der Waals surface area contributed by atoms with Gasteiger partial charge in [0.15, 0.2) is 0 Å². The smallest absolute Gasteiger partial charge is 0.417 e. The van der Waals surface area contributed by atoms with Gasteiger partial charge in [0.2, 0.25) is 15.9 Å². The third kappa shape index (κ3) is 10.6. The number of piperazine rings is 1. The zero-order chi connectivity index (χ0) is 37.6. The van der Waals surface area contributed by atoms with Crippen LogP contribution in [0, 0.1) is 0 Å². The van der Waals surface area contributed by atoms with Gasteiger partial charge in [-0.2, -0.15) is 13.2 Å². The van der Waals surface area contributed by atoms with Gasteiger partial charge >= 0.3 is 12.1 Å². The number of hydrogen-bond acceptors (Lipinski definition) is 8. The molecule has 3 aromatic carbocycles. The van der Waals surface area contributed by atoms with Crippen LogP contribution in [0.1, 0.15) is 52.2 Å². The molecule has 54 heavy (non-hydrogen) atoms. The number of amides is 1. The molecular formula is C38H41ClF3N5O6S. The van der Waals surface area contributed by atoms with Gasteiger partial charge in [0.1, 0.15) is 5.75 Å². The highest BCUT2D eigenvalue weighted by Crippen LogP contribution is 2.34. The molecule has 0 spiro atoms. The second-order valence-corrected chi connectivity index (χ2v) is 14.9. The van der Waals surface area contributed by atoms with E-state index in [2.05, 4.69) is 14.6 Å². The SMILES string of the molecule is Cl.O=C(O)CCN1CCN(c2ccc(C(=O)N3CCC(c4ccc(Oc5ccc(C(F)(F)F)cn5)cc4)CC3)cc2NS(=O)(=O)Cc2ccccc2)CC1. The summed E-state index contributed by atoms with van der Waals surface area (Å²) >= 11 is 0. The van der Waals surface area contributed by atoms with Crippen molar-refractivity contribution in [2.45, 2.75) is 37.1 Å². The van der Waals surface area contributed by atoms with Crippen molar-refractivity contribution < 1.29 is 41.0 Å². The number of anilines is 2. The van der Waals surface area contributed by atoms with Crippen LogP contribution in [-0.2, 0) is 26.7 Å². The van der Waals surface area contributed by atoms with Crippen molar-refractivity contribution in [3.63, 3.8) is 0 Å². The summed E-state index contributed by atoms with van der Waals surface area (Å²) in [6.07, 6.45) is -2.30. The monoisotopic (exact) mass is 787 g/mol. The summed E-state index contributed by atoms with van der Waals surface area (Å²) < 4.78 is 73.6. The maximum absolute atomic E-state index is 13.8. The second-order valence-electron chi connectivity index (χ2n) is 13.2. The molecule has 288 valence electrons. The van der Waals surface area contributed by atoms with Crippen molar-refractivity contribution in [1.82, 2.24) is 14.8 Å². The summed E-state index contributed by atoms with van der Waals surface area (Å²) in [6, 6.07) is 23.3. The van der Waals surface area contributed by atoms with Crippen LogP contribution in [0.4, 0.5) is 24.5 Å². The van der Waals surface area contributed by atoms with E-state index in [9.17, 15) is 31.2 Å². The highest BCUT2D eigenvalue weighted by molar-refractivity contribution is 7.91. The molecule has 11 nitrogen and oxygen atoms in total. The summed E-state index contributed by atoms with van der Waals surface area (Å²) in [7, 11) is -3.84. The molecule has 2 fully saturated rings. The first-order chi connectivity index (χ1) is 25.3. The maximum Gasteiger partial charge on any atom is 0.417 e. The lowest BCUT2D eigenvalue weighted by Crippen LogP contribution is -2.47. The first-order valence-electron chi connectivity index (χ1n) is 17.3. The number of carboxylic acids is 1. The van der Waals surface area contributed by atoms with Gasteiger partial charge in [-0.25, -0.2) is 13.4 Å². The third-order valence-electron chi connectivity index (χ3n) is 9.48. The van der Waals surface area contributed by atoms with Crippen LogP contribution in [0.2, 0.25) is 0 Å². The van der Waals surface area contributed by atoms with E-state index >= 15 is 0 Å². The Labute approximate surface area is 318 Å². The van der Waals surface area contributed by atoms with Crippen molar-refractivity contribution in [3.05, 3.63) is 113 Å². The van der Waals surface area contributed by atoms with E-state index in [0.29, 0.717) is 86.9 Å². The van der Waals surface area contributed by atoms with E-state index < -0.39 is 27.7 Å². The number of hydrogen-bond donors (Lipinski definition) is 2. The van der Waals surface area contributed by atoms with Gasteiger partial charge in [-0.1, -0.05) is 42.5 Å². The molecule has 0 atom stereocenters. The Bertz CT molecular complexity index is 1990. The van der Waals surface area contributed by atoms with Crippen LogP contribution >= 0.6 is 12.4 Å². The molecule has 16 heteroatoms. The molecule has 4 aromatic rings. The standard InChI is InChI=1S/C38H40F3N5O6S.ClH/c39-38(40,41)31-9-13-35(42-25-31)52-32-10-6-28(7-11-32)29-14-18-46(19-15-29)37(49)30-8-12-34(45-22-20-44(21-23-45)17-16-36(47)48)33(24-30)43-53(50,51)26-27-4-2-1-3-5-27;/h1-13,24-25,29,43H,14-23,26H2,(H,47,48);1H. The van der Waals surface area contributed by atoms with Crippen molar-refractivity contribution in [3.8, 4) is 11.6 Å². The number of carbonyl (C=O) groups is 2. The summed E-state index contributed by atoms with van der Waals surface area (Å²) in [5, 5.41) is 9.07. The van der Waals surface area contributed by atoms with E-state index in [1.807, 2.05) is 23.1 Å². The molecule has 1 aromatic heterocycles. The van der Waals surface area contributed by atoms with Gasteiger partial charge in [0, 0.05) is 63.6 Å². The number of nitrogens with one attached hydrogen (secondary N) is 1. The number of nitrogens with zero attached hydrogens (tertiary/aromatic N) is 4. The molecule has 2 aliphatic heterocycles. The highest BCUT2D eigenvalue weighted by atomic mass is 35.5. The number of halogens is 4. The van der Waals surface area contributed by atoms with Crippen LogP contribution in [0.15, 0.2) is 91.1 Å². The molecule has 6 rings (SSSR count). The van der Waals surface area contributed by atoms with E-state index in [1.54, 1.807) is 59.5 Å². The molecule has 0 saturated carbocycles. The van der Waals surface area contributed by atoms with Gasteiger partial charge in [-0.15, -0.1) is 12.4 Å². The molecule has 0 bridgehead atoms. The van der Waals surface area contributed by atoms with Crippen LogP contribution in [0.25, 0.3) is 0 Å². The molecule has 0 aliphatic carbocycles. The third-order valence-corrected chi connectivity index (χ3v) is 10.7. The Hall–Kier alpha value is -4.86. The maximum atomic E-state index is 13.8. The molecule has 2 N–H and O–H groups in total. The van der Waals surface area contributed by atoms with E-state index in [1.165, 1.54) is 6.07 Å². The average Bonchev–Trinajstić information content (AvgIpc) is 3.14. The number of likely N-dealkylation sites (tertiary alicyclic amines) is 1. The summed E-state index contributed by atoms with van der Waals surface area (Å²) in [5.74, 6) is -0.632. The predicted molar refractivity (Wildman–Crippen MR) is 201 cm³/mol. The van der Waals surface area contributed by atoms with E-state index in [4.69, 9.17) is 9.84 Å². The normalized spacial score (nSPS) is 15.7. The zero-order valence-corrected chi connectivity index (χ0v) is 30.9. The lowest BCUT2D eigenvalue weighted by Gasteiger charge is -2.37. The number of aromatic nitrogens is 1. The van der Waals surface area contributed by atoms with E-state index in [0.717, 1.165) is 17.8 Å². The summed E-state index contributed by atoms with van der Waals surface area (Å²) in [6.45, 7) is 3.78. The minimum atomic E-state index is -4.48. The number of sulfonamides is 1. The number of benzene rings is 3. The highest BCUT2D eigenvalue weighted by Gasteiger charge is 2.31.